The normalized spacial score (nSPS) is 11.6. The molecule has 3 aromatic rings. The van der Waals surface area contributed by atoms with Gasteiger partial charge in [0, 0.05) is 0 Å². The Labute approximate surface area is 190 Å². The van der Waals surface area contributed by atoms with Gasteiger partial charge >= 0.3 is 0 Å². The summed E-state index contributed by atoms with van der Waals surface area (Å²) in [4.78, 5) is -0.289. The van der Waals surface area contributed by atoms with Crippen LogP contribution in [0.1, 0.15) is 16.7 Å². The number of hydrogen-bond donors (Lipinski definition) is 0. The molecule has 7 heteroatoms. The zero-order chi connectivity index (χ0) is 22.4. The number of ether oxygens (including phenoxy) is 2. The van der Waals surface area contributed by atoms with Crippen molar-refractivity contribution in [1.82, 2.24) is 0 Å². The van der Waals surface area contributed by atoms with Gasteiger partial charge in [-0.25, -0.2) is 8.42 Å². The Balaban J connectivity index is 1.94. The van der Waals surface area contributed by atoms with E-state index < -0.39 is 9.84 Å². The second-order valence-electron chi connectivity index (χ2n) is 6.75. The Kier molecular flexibility index (Phi) is 7.16. The number of methoxy groups -OCH3 is 1. The Bertz CT molecular complexity index is 1250. The van der Waals surface area contributed by atoms with Gasteiger partial charge in [-0.05, 0) is 64.3 Å². The van der Waals surface area contributed by atoms with E-state index in [0.717, 1.165) is 11.1 Å². The predicted molar refractivity (Wildman–Crippen MR) is 123 cm³/mol. The maximum Gasteiger partial charge on any atom is 0.216 e. The molecule has 3 aromatic carbocycles. The molecule has 0 radical (unpaired) electrons. The number of rotatable bonds is 7. The Morgan fingerprint density at radius 3 is 2.39 bits per heavy atom. The zero-order valence-electron chi connectivity index (χ0n) is 17.0. The first kappa shape index (κ1) is 22.6. The summed E-state index contributed by atoms with van der Waals surface area (Å²) in [6.45, 7) is 2.21. The lowest BCUT2D eigenvalue weighted by Crippen LogP contribution is -2.04. The monoisotopic (exact) mass is 497 g/mol. The van der Waals surface area contributed by atoms with Crippen LogP contribution in [0.15, 0.2) is 81.0 Å². The highest BCUT2D eigenvalue weighted by Crippen LogP contribution is 2.38. The van der Waals surface area contributed by atoms with E-state index in [-0.39, 0.29) is 9.80 Å². The molecule has 0 atom stereocenters. The first-order valence-electron chi connectivity index (χ1n) is 9.33. The number of sulfone groups is 1. The fraction of sp³-hybridized carbons (Fsp3) is 0.125. The highest BCUT2D eigenvalue weighted by molar-refractivity contribution is 9.10. The molecular weight excluding hydrogens is 478 g/mol. The third-order valence-electron chi connectivity index (χ3n) is 4.51. The predicted octanol–water partition coefficient (Wildman–Crippen LogP) is 5.68. The Morgan fingerprint density at radius 2 is 1.77 bits per heavy atom. The second kappa shape index (κ2) is 9.82. The van der Waals surface area contributed by atoms with Crippen LogP contribution in [0.25, 0.3) is 6.08 Å². The minimum Gasteiger partial charge on any atom is -0.493 e. The van der Waals surface area contributed by atoms with Crippen molar-refractivity contribution >= 4 is 31.8 Å². The molecule has 3 rings (SSSR count). The van der Waals surface area contributed by atoms with E-state index in [1.807, 2.05) is 43.3 Å². The zero-order valence-corrected chi connectivity index (χ0v) is 19.4. The number of nitriles is 1. The van der Waals surface area contributed by atoms with Crippen LogP contribution in [0, 0.1) is 18.3 Å². The quantitative estimate of drug-likeness (QED) is 0.392. The Morgan fingerprint density at radius 1 is 1.10 bits per heavy atom. The van der Waals surface area contributed by atoms with Crippen LogP contribution in [0.2, 0.25) is 0 Å². The van der Waals surface area contributed by atoms with Gasteiger partial charge in [0.15, 0.2) is 11.5 Å². The molecule has 0 N–H and O–H groups in total. The van der Waals surface area contributed by atoms with Gasteiger partial charge in [-0.3, -0.25) is 0 Å². The van der Waals surface area contributed by atoms with E-state index in [2.05, 4.69) is 15.9 Å². The van der Waals surface area contributed by atoms with Crippen LogP contribution in [-0.2, 0) is 16.4 Å². The van der Waals surface area contributed by atoms with Gasteiger partial charge in [0.2, 0.25) is 9.84 Å². The molecule has 0 saturated heterocycles. The second-order valence-corrected chi connectivity index (χ2v) is 9.52. The van der Waals surface area contributed by atoms with Crippen molar-refractivity contribution in [3.8, 4) is 17.6 Å². The molecule has 5 nitrogen and oxygen atoms in total. The average molecular weight is 498 g/mol. The third-order valence-corrected chi connectivity index (χ3v) is 6.78. The lowest BCUT2D eigenvalue weighted by molar-refractivity contribution is 0.282. The van der Waals surface area contributed by atoms with Crippen LogP contribution < -0.4 is 9.47 Å². The van der Waals surface area contributed by atoms with Gasteiger partial charge in [0.05, 0.1) is 16.5 Å². The molecule has 0 unspecified atom stereocenters. The Hall–Kier alpha value is -3.08. The van der Waals surface area contributed by atoms with E-state index in [4.69, 9.17) is 9.47 Å². The minimum absolute atomic E-state index is 0.0692. The summed E-state index contributed by atoms with van der Waals surface area (Å²) >= 11 is 3.46. The first-order valence-corrected chi connectivity index (χ1v) is 11.6. The van der Waals surface area contributed by atoms with E-state index >= 15 is 0 Å². The maximum absolute atomic E-state index is 12.9. The smallest absolute Gasteiger partial charge is 0.216 e. The number of nitrogens with zero attached hydrogens (tertiary/aromatic N) is 1. The number of benzene rings is 3. The topological polar surface area (TPSA) is 76.4 Å². The fourth-order valence-electron chi connectivity index (χ4n) is 2.86. The van der Waals surface area contributed by atoms with Crippen molar-refractivity contribution in [2.75, 3.05) is 7.11 Å². The summed E-state index contributed by atoms with van der Waals surface area (Å²) in [5, 5.41) is 9.53. The van der Waals surface area contributed by atoms with Gasteiger partial charge in [0.1, 0.15) is 17.6 Å². The molecule has 0 bridgehead atoms. The first-order chi connectivity index (χ1) is 14.8. The van der Waals surface area contributed by atoms with E-state index in [0.29, 0.717) is 28.1 Å². The number of aryl methyl sites for hydroxylation is 1. The largest absolute Gasteiger partial charge is 0.493 e. The van der Waals surface area contributed by atoms with Crippen molar-refractivity contribution in [1.29, 1.82) is 5.26 Å². The fourth-order valence-corrected chi connectivity index (χ4v) is 4.59. The lowest BCUT2D eigenvalue weighted by atomic mass is 10.2. The van der Waals surface area contributed by atoms with Crippen molar-refractivity contribution in [3.63, 3.8) is 0 Å². The molecule has 0 amide bonds. The average Bonchev–Trinajstić information content (AvgIpc) is 2.77. The van der Waals surface area contributed by atoms with Gasteiger partial charge in [-0.1, -0.05) is 48.0 Å². The molecule has 0 saturated carbocycles. The molecule has 0 aliphatic rings. The summed E-state index contributed by atoms with van der Waals surface area (Å²) in [7, 11) is -2.44. The van der Waals surface area contributed by atoms with Crippen molar-refractivity contribution in [2.24, 2.45) is 0 Å². The van der Waals surface area contributed by atoms with Gasteiger partial charge < -0.3 is 9.47 Å². The number of allylic oxidation sites excluding steroid dienone is 1. The SMILES string of the molecule is COc1cc(C=C(C#N)S(=O)(=O)c2ccc(C)cc2)cc(Br)c1OCc1ccccc1. The van der Waals surface area contributed by atoms with Gasteiger partial charge in [0.25, 0.3) is 0 Å². The summed E-state index contributed by atoms with van der Waals surface area (Å²) in [5.41, 5.74) is 2.42. The summed E-state index contributed by atoms with van der Waals surface area (Å²) < 4.78 is 37.7. The van der Waals surface area contributed by atoms with Crippen molar-refractivity contribution in [3.05, 3.63) is 92.8 Å². The van der Waals surface area contributed by atoms with Gasteiger partial charge in [-0.15, -0.1) is 0 Å². The van der Waals surface area contributed by atoms with Crippen LogP contribution in [-0.4, -0.2) is 15.5 Å². The highest BCUT2D eigenvalue weighted by Gasteiger charge is 2.21. The molecule has 0 aliphatic heterocycles. The maximum atomic E-state index is 12.9. The van der Waals surface area contributed by atoms with E-state index in [1.165, 1.54) is 25.3 Å². The van der Waals surface area contributed by atoms with Crippen LogP contribution in [0.3, 0.4) is 0 Å². The van der Waals surface area contributed by atoms with Crippen molar-refractivity contribution in [2.45, 2.75) is 18.4 Å². The molecular formula is C24H20BrNO4S. The number of halogens is 1. The molecule has 158 valence electrons. The molecule has 0 fully saturated rings. The molecule has 31 heavy (non-hydrogen) atoms. The van der Waals surface area contributed by atoms with E-state index in [1.54, 1.807) is 24.3 Å². The van der Waals surface area contributed by atoms with Gasteiger partial charge in [-0.2, -0.15) is 5.26 Å². The minimum atomic E-state index is -3.94. The molecule has 0 aromatic heterocycles. The third kappa shape index (κ3) is 5.35. The highest BCUT2D eigenvalue weighted by atomic mass is 79.9. The summed E-state index contributed by atoms with van der Waals surface area (Å²) in [6, 6.07) is 21.2. The van der Waals surface area contributed by atoms with E-state index in [9.17, 15) is 13.7 Å². The van der Waals surface area contributed by atoms with Crippen LogP contribution in [0.4, 0.5) is 0 Å². The number of hydrogen-bond acceptors (Lipinski definition) is 5. The molecule has 0 spiro atoms. The standard InChI is InChI=1S/C24H20BrNO4S/c1-17-8-10-20(11-9-17)31(27,28)21(15-26)12-19-13-22(25)24(23(14-19)29-2)30-16-18-6-4-3-5-7-18/h3-14H,16H2,1-2H3. The molecule has 0 heterocycles. The summed E-state index contributed by atoms with van der Waals surface area (Å²) in [6.07, 6.45) is 1.32. The molecule has 0 aliphatic carbocycles. The van der Waals surface area contributed by atoms with Crippen LogP contribution in [0.5, 0.6) is 11.5 Å². The lowest BCUT2D eigenvalue weighted by Gasteiger charge is -2.14. The van der Waals surface area contributed by atoms with Crippen molar-refractivity contribution < 1.29 is 17.9 Å². The summed E-state index contributed by atoms with van der Waals surface area (Å²) in [5.74, 6) is 0.907. The van der Waals surface area contributed by atoms with Crippen LogP contribution >= 0.6 is 15.9 Å².